The number of rotatable bonds is 18. The average Bonchev–Trinajstić information content (AvgIpc) is 3.19. The van der Waals surface area contributed by atoms with Crippen molar-refractivity contribution >= 4 is 23.1 Å². The van der Waals surface area contributed by atoms with E-state index < -0.39 is 0 Å². The van der Waals surface area contributed by atoms with E-state index in [1.165, 1.54) is 39.1 Å². The minimum absolute atomic E-state index is 0. The van der Waals surface area contributed by atoms with Crippen LogP contribution in [-0.2, 0) is 19.2 Å². The van der Waals surface area contributed by atoms with Crippen molar-refractivity contribution in [3.8, 4) is 0 Å². The van der Waals surface area contributed by atoms with Crippen molar-refractivity contribution in [2.75, 3.05) is 159 Å². The number of Topliss-reactive ketones (excluding diaryl/α,β-unsaturated/α-hetero) is 4. The normalized spacial score (nSPS) is 19.7. The largest absolute Gasteiger partial charge is 0.304 e. The first-order chi connectivity index (χ1) is 27.4. The van der Waals surface area contributed by atoms with Gasteiger partial charge in [-0.25, -0.2) is 0 Å². The lowest BCUT2D eigenvalue weighted by Crippen LogP contribution is -2.46. The number of piperazine rings is 4. The molecule has 4 fully saturated rings. The molecular formula is C47H96N8O4. The van der Waals surface area contributed by atoms with Crippen molar-refractivity contribution in [1.82, 2.24) is 39.2 Å². The predicted molar refractivity (Wildman–Crippen MR) is 250 cm³/mol. The van der Waals surface area contributed by atoms with Crippen LogP contribution in [0.25, 0.3) is 0 Å². The highest BCUT2D eigenvalue weighted by Gasteiger charge is 2.19. The quantitative estimate of drug-likeness (QED) is 0.178. The first-order valence-corrected chi connectivity index (χ1v) is 23.1. The van der Waals surface area contributed by atoms with E-state index in [2.05, 4.69) is 67.4 Å². The second-order valence-electron chi connectivity index (χ2n) is 18.8. The van der Waals surface area contributed by atoms with Crippen LogP contribution in [0.5, 0.6) is 0 Å². The second-order valence-corrected chi connectivity index (χ2v) is 18.8. The third-order valence-corrected chi connectivity index (χ3v) is 12.1. The first-order valence-electron chi connectivity index (χ1n) is 23.1. The molecule has 12 heteroatoms. The molecule has 0 unspecified atom stereocenters. The van der Waals surface area contributed by atoms with Gasteiger partial charge in [-0.3, -0.25) is 24.1 Å². The van der Waals surface area contributed by atoms with Crippen molar-refractivity contribution in [3.05, 3.63) is 0 Å². The molecule has 0 amide bonds. The van der Waals surface area contributed by atoms with Gasteiger partial charge >= 0.3 is 0 Å². The summed E-state index contributed by atoms with van der Waals surface area (Å²) in [6.07, 6.45) is 5.50. The summed E-state index contributed by atoms with van der Waals surface area (Å²) in [5, 5.41) is 0. The molecule has 0 aromatic rings. The molecule has 4 aliphatic heterocycles. The predicted octanol–water partition coefficient (Wildman–Crippen LogP) is 4.81. The lowest BCUT2D eigenvalue weighted by molar-refractivity contribution is -0.123. The van der Waals surface area contributed by atoms with Gasteiger partial charge in [0.2, 0.25) is 0 Å². The van der Waals surface area contributed by atoms with Crippen LogP contribution in [0.15, 0.2) is 0 Å². The Hall–Kier alpha value is -1.64. The van der Waals surface area contributed by atoms with Crippen LogP contribution in [-0.4, -0.2) is 221 Å². The molecule has 4 saturated heterocycles. The van der Waals surface area contributed by atoms with Crippen LogP contribution in [0.2, 0.25) is 0 Å². The van der Waals surface area contributed by atoms with Gasteiger partial charge in [0, 0.05) is 154 Å². The van der Waals surface area contributed by atoms with Gasteiger partial charge in [0.05, 0.1) is 6.54 Å². The molecule has 0 aromatic carbocycles. The van der Waals surface area contributed by atoms with E-state index in [0.29, 0.717) is 29.7 Å². The molecule has 0 spiro atoms. The van der Waals surface area contributed by atoms with Gasteiger partial charge in [0.15, 0.2) is 0 Å². The zero-order chi connectivity index (χ0) is 43.6. The molecule has 0 saturated carbocycles. The summed E-state index contributed by atoms with van der Waals surface area (Å²) in [5.74, 6) is 2.37. The second kappa shape index (κ2) is 33.0. The van der Waals surface area contributed by atoms with Gasteiger partial charge in [-0.15, -0.1) is 0 Å². The Balaban J connectivity index is 0.000000758. The molecule has 0 radical (unpaired) electrons. The molecular weight excluding hydrogens is 741 g/mol. The molecule has 0 aromatic heterocycles. The van der Waals surface area contributed by atoms with E-state index in [0.717, 1.165) is 124 Å². The Bertz CT molecular complexity index is 1100. The molecule has 59 heavy (non-hydrogen) atoms. The van der Waals surface area contributed by atoms with E-state index in [4.69, 9.17) is 0 Å². The summed E-state index contributed by atoms with van der Waals surface area (Å²) in [4.78, 5) is 64.7. The van der Waals surface area contributed by atoms with Crippen LogP contribution < -0.4 is 0 Å². The molecule has 348 valence electrons. The van der Waals surface area contributed by atoms with Gasteiger partial charge in [-0.05, 0) is 60.5 Å². The summed E-state index contributed by atoms with van der Waals surface area (Å²) in [6.45, 7) is 37.8. The number of unbranched alkanes of at least 4 members (excludes halogenated alkanes) is 1. The Morgan fingerprint density at radius 2 is 0.610 bits per heavy atom. The van der Waals surface area contributed by atoms with Gasteiger partial charge in [-0.2, -0.15) is 0 Å². The van der Waals surface area contributed by atoms with Crippen LogP contribution >= 0.6 is 0 Å². The van der Waals surface area contributed by atoms with Crippen LogP contribution in [0.1, 0.15) is 101 Å². The minimum atomic E-state index is 0. The maximum absolute atomic E-state index is 11.4. The lowest BCUT2D eigenvalue weighted by Gasteiger charge is -2.32. The lowest BCUT2D eigenvalue weighted by atomic mass is 10.0. The van der Waals surface area contributed by atoms with Crippen molar-refractivity contribution in [2.45, 2.75) is 101 Å². The van der Waals surface area contributed by atoms with Crippen LogP contribution in [0.4, 0.5) is 0 Å². The zero-order valence-corrected chi connectivity index (χ0v) is 39.9. The molecule has 0 aliphatic carbocycles. The number of hydrogen-bond acceptors (Lipinski definition) is 12. The zero-order valence-electron chi connectivity index (χ0n) is 39.9. The minimum Gasteiger partial charge on any atom is -0.304 e. The number of carbonyl (C=O) groups excluding carboxylic acids is 4. The molecule has 4 rings (SSSR count). The first kappa shape index (κ1) is 57.4. The van der Waals surface area contributed by atoms with Crippen molar-refractivity contribution in [1.29, 1.82) is 0 Å². The highest BCUT2D eigenvalue weighted by atomic mass is 16.1. The molecule has 4 heterocycles. The maximum Gasteiger partial charge on any atom is 0.149 e. The number of hydrogen-bond donors (Lipinski definition) is 0. The Morgan fingerprint density at radius 3 is 0.949 bits per heavy atom. The van der Waals surface area contributed by atoms with Gasteiger partial charge < -0.3 is 34.3 Å². The standard InChI is InChI=1S/C13H26N2O.C12H24N2O.C11H22N2O.C10H20N2O.CH4/c1-12(2)13(16)6-4-5-7-15-10-8-14(3)9-11-15;1-11(2)12(15)5-4-6-14-9-7-13(3)8-10-14;1-10(2)11(14)4-5-13-8-6-12(3)7-9-13;1-9(2)10(13)8-12-6-4-11(3)5-7-12;/h12H,4-11H2,1-3H3;11H,4-10H2,1-3H3;10H,4-9H2,1-3H3;9H,4-8H2,1-3H3;1H4. The van der Waals surface area contributed by atoms with E-state index in [9.17, 15) is 19.2 Å². The molecule has 0 N–H and O–H groups in total. The SMILES string of the molecule is C.CC(C)C(=O)CCCCN1CCN(C)CC1.CC(C)C(=O)CCCN1CCN(C)CC1.CC(C)C(=O)CCN1CCN(C)CC1.CC(C)C(=O)CN1CCN(C)CC1. The smallest absolute Gasteiger partial charge is 0.149 e. The molecule has 0 atom stereocenters. The summed E-state index contributed by atoms with van der Waals surface area (Å²) in [6, 6.07) is 0. The van der Waals surface area contributed by atoms with Crippen molar-refractivity contribution in [2.24, 2.45) is 23.7 Å². The fourth-order valence-corrected chi connectivity index (χ4v) is 6.87. The van der Waals surface area contributed by atoms with Gasteiger partial charge in [0.1, 0.15) is 23.1 Å². The highest BCUT2D eigenvalue weighted by Crippen LogP contribution is 2.09. The highest BCUT2D eigenvalue weighted by molar-refractivity contribution is 5.82. The Morgan fingerprint density at radius 1 is 0.339 bits per heavy atom. The summed E-state index contributed by atoms with van der Waals surface area (Å²) >= 11 is 0. The number of carbonyl (C=O) groups is 4. The van der Waals surface area contributed by atoms with E-state index in [-0.39, 0.29) is 31.1 Å². The third kappa shape index (κ3) is 28.6. The Kier molecular flexibility index (Phi) is 32.1. The topological polar surface area (TPSA) is 94.2 Å². The fourth-order valence-electron chi connectivity index (χ4n) is 6.87. The number of ketones is 4. The summed E-state index contributed by atoms with van der Waals surface area (Å²) in [7, 11) is 8.62. The van der Waals surface area contributed by atoms with Crippen molar-refractivity contribution in [3.63, 3.8) is 0 Å². The van der Waals surface area contributed by atoms with E-state index in [1.807, 2.05) is 55.4 Å². The van der Waals surface area contributed by atoms with Crippen LogP contribution in [0.3, 0.4) is 0 Å². The molecule has 4 aliphatic rings. The third-order valence-electron chi connectivity index (χ3n) is 12.1. The van der Waals surface area contributed by atoms with E-state index >= 15 is 0 Å². The fraction of sp³-hybridized carbons (Fsp3) is 0.915. The summed E-state index contributed by atoms with van der Waals surface area (Å²) < 4.78 is 0. The van der Waals surface area contributed by atoms with Crippen molar-refractivity contribution < 1.29 is 19.2 Å². The Labute approximate surface area is 364 Å². The monoisotopic (exact) mass is 837 g/mol. The van der Waals surface area contributed by atoms with Crippen LogP contribution in [0, 0.1) is 23.7 Å². The molecule has 12 nitrogen and oxygen atoms in total. The maximum atomic E-state index is 11.4. The average molecular weight is 837 g/mol. The molecule has 0 bridgehead atoms. The number of likely N-dealkylation sites (N-methyl/N-ethyl adjacent to an activating group) is 4. The van der Waals surface area contributed by atoms with E-state index in [1.54, 1.807) is 0 Å². The van der Waals surface area contributed by atoms with Gasteiger partial charge in [-0.1, -0.05) is 62.8 Å². The number of nitrogens with zero attached hydrogens (tertiary/aromatic N) is 8. The summed E-state index contributed by atoms with van der Waals surface area (Å²) in [5.41, 5.74) is 0. The van der Waals surface area contributed by atoms with Gasteiger partial charge in [0.25, 0.3) is 0 Å².